The Bertz CT molecular complexity index is 539. The van der Waals surface area contributed by atoms with Crippen LogP contribution in [0.2, 0.25) is 5.02 Å². The normalized spacial score (nSPS) is 18.6. The molecule has 106 valence electrons. The van der Waals surface area contributed by atoms with Crippen molar-refractivity contribution < 1.29 is 13.5 Å². The van der Waals surface area contributed by atoms with Crippen LogP contribution in [0, 0.1) is 0 Å². The summed E-state index contributed by atoms with van der Waals surface area (Å²) in [6.45, 7) is 0.0831. The van der Waals surface area contributed by atoms with E-state index in [1.54, 1.807) is 24.3 Å². The Morgan fingerprint density at radius 3 is 2.53 bits per heavy atom. The smallest absolute Gasteiger partial charge is 0.215 e. The Hall–Kier alpha value is -0.620. The number of nitrogens with one attached hydrogen (secondary N) is 1. The monoisotopic (exact) mass is 303 g/mol. The topological polar surface area (TPSA) is 66.4 Å². The molecule has 0 radical (unpaired) electrons. The Morgan fingerprint density at radius 2 is 1.89 bits per heavy atom. The van der Waals surface area contributed by atoms with E-state index < -0.39 is 15.6 Å². The highest BCUT2D eigenvalue weighted by Crippen LogP contribution is 2.29. The summed E-state index contributed by atoms with van der Waals surface area (Å²) in [5.41, 5.74) is -0.317. The molecule has 1 aliphatic rings. The van der Waals surface area contributed by atoms with Crippen LogP contribution in [0.15, 0.2) is 24.3 Å². The average molecular weight is 304 g/mol. The van der Waals surface area contributed by atoms with Gasteiger partial charge in [-0.3, -0.25) is 0 Å². The minimum absolute atomic E-state index is 0.0831. The second-order valence-electron chi connectivity index (χ2n) is 5.10. The SMILES string of the molecule is O=S(=O)(Cc1ccccc1Cl)NCC1(O)CCCC1. The minimum atomic E-state index is -3.48. The highest BCUT2D eigenvalue weighted by Gasteiger charge is 2.32. The van der Waals surface area contributed by atoms with Gasteiger partial charge >= 0.3 is 0 Å². The van der Waals surface area contributed by atoms with E-state index in [1.165, 1.54) is 0 Å². The van der Waals surface area contributed by atoms with Crippen LogP contribution < -0.4 is 4.72 Å². The molecule has 0 spiro atoms. The number of hydrogen-bond acceptors (Lipinski definition) is 3. The quantitative estimate of drug-likeness (QED) is 0.875. The largest absolute Gasteiger partial charge is 0.389 e. The van der Waals surface area contributed by atoms with E-state index in [1.807, 2.05) is 0 Å². The van der Waals surface area contributed by atoms with Crippen molar-refractivity contribution in [2.75, 3.05) is 6.54 Å². The van der Waals surface area contributed by atoms with Gasteiger partial charge in [0.25, 0.3) is 0 Å². The zero-order chi connectivity index (χ0) is 13.9. The third kappa shape index (κ3) is 4.18. The second kappa shape index (κ2) is 5.79. The third-order valence-corrected chi connectivity index (χ3v) is 5.10. The molecule has 0 aromatic heterocycles. The minimum Gasteiger partial charge on any atom is -0.389 e. The average Bonchev–Trinajstić information content (AvgIpc) is 2.78. The molecule has 0 unspecified atom stereocenters. The molecule has 0 amide bonds. The maximum atomic E-state index is 12.0. The summed E-state index contributed by atoms with van der Waals surface area (Å²) in [6.07, 6.45) is 3.20. The van der Waals surface area contributed by atoms with Gasteiger partial charge in [0.2, 0.25) is 10.0 Å². The zero-order valence-corrected chi connectivity index (χ0v) is 12.2. The van der Waals surface area contributed by atoms with Gasteiger partial charge in [-0.2, -0.15) is 0 Å². The summed E-state index contributed by atoms with van der Waals surface area (Å²) in [6, 6.07) is 6.86. The first-order valence-electron chi connectivity index (χ1n) is 6.33. The molecular weight excluding hydrogens is 286 g/mol. The number of hydrogen-bond donors (Lipinski definition) is 2. The lowest BCUT2D eigenvalue weighted by atomic mass is 10.0. The molecule has 4 nitrogen and oxygen atoms in total. The van der Waals surface area contributed by atoms with Gasteiger partial charge in [0.15, 0.2) is 0 Å². The van der Waals surface area contributed by atoms with Crippen LogP contribution in [0.25, 0.3) is 0 Å². The van der Waals surface area contributed by atoms with Crippen molar-refractivity contribution in [3.63, 3.8) is 0 Å². The van der Waals surface area contributed by atoms with Gasteiger partial charge in [0.1, 0.15) is 0 Å². The highest BCUT2D eigenvalue weighted by molar-refractivity contribution is 7.88. The Kier molecular flexibility index (Phi) is 4.50. The molecule has 1 saturated carbocycles. The van der Waals surface area contributed by atoms with Crippen molar-refractivity contribution in [3.05, 3.63) is 34.9 Å². The van der Waals surface area contributed by atoms with Crippen molar-refractivity contribution in [3.8, 4) is 0 Å². The molecule has 19 heavy (non-hydrogen) atoms. The number of aliphatic hydroxyl groups is 1. The first-order valence-corrected chi connectivity index (χ1v) is 8.36. The van der Waals surface area contributed by atoms with E-state index in [9.17, 15) is 13.5 Å². The fourth-order valence-corrected chi connectivity index (χ4v) is 3.86. The molecule has 0 heterocycles. The van der Waals surface area contributed by atoms with Crippen molar-refractivity contribution in [2.24, 2.45) is 0 Å². The van der Waals surface area contributed by atoms with E-state index in [2.05, 4.69) is 4.72 Å². The third-order valence-electron chi connectivity index (χ3n) is 3.46. The van der Waals surface area contributed by atoms with Crippen molar-refractivity contribution in [1.82, 2.24) is 4.72 Å². The Balaban J connectivity index is 1.97. The molecule has 2 N–H and O–H groups in total. The predicted octanol–water partition coefficient (Wildman–Crippen LogP) is 2.06. The molecule has 2 rings (SSSR count). The Labute approximate surface area is 118 Å². The summed E-state index contributed by atoms with van der Waals surface area (Å²) in [5.74, 6) is -0.164. The number of benzene rings is 1. The molecular formula is C13H18ClNO3S. The summed E-state index contributed by atoms with van der Waals surface area (Å²) in [5, 5.41) is 10.6. The van der Waals surface area contributed by atoms with Gasteiger partial charge in [-0.25, -0.2) is 13.1 Å². The molecule has 0 aliphatic heterocycles. The molecule has 1 aromatic rings. The maximum Gasteiger partial charge on any atom is 0.215 e. The van der Waals surface area contributed by atoms with Crippen LogP contribution in [-0.2, 0) is 15.8 Å². The molecule has 1 aromatic carbocycles. The summed E-state index contributed by atoms with van der Waals surface area (Å²) in [7, 11) is -3.48. The lowest BCUT2D eigenvalue weighted by molar-refractivity contribution is 0.0531. The summed E-state index contributed by atoms with van der Waals surface area (Å²) >= 11 is 5.94. The van der Waals surface area contributed by atoms with Crippen molar-refractivity contribution in [2.45, 2.75) is 37.0 Å². The van der Waals surface area contributed by atoms with Crippen LogP contribution in [0.5, 0.6) is 0 Å². The summed E-state index contributed by atoms with van der Waals surface area (Å²) in [4.78, 5) is 0. The van der Waals surface area contributed by atoms with E-state index in [0.717, 1.165) is 12.8 Å². The molecule has 6 heteroatoms. The van der Waals surface area contributed by atoms with Gasteiger partial charge < -0.3 is 5.11 Å². The molecule has 0 bridgehead atoms. The first-order chi connectivity index (χ1) is 8.90. The van der Waals surface area contributed by atoms with Crippen LogP contribution in [-0.4, -0.2) is 25.7 Å². The lowest BCUT2D eigenvalue weighted by Crippen LogP contribution is -2.41. The predicted molar refractivity (Wildman–Crippen MR) is 75.5 cm³/mol. The van der Waals surface area contributed by atoms with Gasteiger partial charge in [-0.1, -0.05) is 42.6 Å². The van der Waals surface area contributed by atoms with Crippen LogP contribution in [0.4, 0.5) is 0 Å². The van der Waals surface area contributed by atoms with Gasteiger partial charge in [0.05, 0.1) is 11.4 Å². The Morgan fingerprint density at radius 1 is 1.26 bits per heavy atom. The number of halogens is 1. The molecule has 1 fully saturated rings. The van der Waals surface area contributed by atoms with Crippen molar-refractivity contribution in [1.29, 1.82) is 0 Å². The number of sulfonamides is 1. The van der Waals surface area contributed by atoms with Gasteiger partial charge in [-0.05, 0) is 24.5 Å². The lowest BCUT2D eigenvalue weighted by Gasteiger charge is -2.22. The van der Waals surface area contributed by atoms with E-state index >= 15 is 0 Å². The second-order valence-corrected chi connectivity index (χ2v) is 7.32. The van der Waals surface area contributed by atoms with Crippen LogP contribution >= 0.6 is 11.6 Å². The summed E-state index contributed by atoms with van der Waals surface area (Å²) < 4.78 is 26.4. The van der Waals surface area contributed by atoms with Crippen molar-refractivity contribution >= 4 is 21.6 Å². The van der Waals surface area contributed by atoms with Gasteiger partial charge in [0, 0.05) is 11.6 Å². The van der Waals surface area contributed by atoms with Crippen LogP contribution in [0.3, 0.4) is 0 Å². The van der Waals surface area contributed by atoms with E-state index in [0.29, 0.717) is 23.4 Å². The number of rotatable bonds is 5. The molecule has 0 atom stereocenters. The molecule has 1 aliphatic carbocycles. The van der Waals surface area contributed by atoms with E-state index in [4.69, 9.17) is 11.6 Å². The zero-order valence-electron chi connectivity index (χ0n) is 10.6. The maximum absolute atomic E-state index is 12.0. The molecule has 0 saturated heterocycles. The first kappa shape index (κ1) is 14.8. The fraction of sp³-hybridized carbons (Fsp3) is 0.538. The van der Waals surface area contributed by atoms with E-state index in [-0.39, 0.29) is 12.3 Å². The highest BCUT2D eigenvalue weighted by atomic mass is 35.5. The van der Waals surface area contributed by atoms with Gasteiger partial charge in [-0.15, -0.1) is 0 Å². The fourth-order valence-electron chi connectivity index (χ4n) is 2.33. The van der Waals surface area contributed by atoms with Crippen LogP contribution in [0.1, 0.15) is 31.2 Å². The standard InChI is InChI=1S/C13H18ClNO3S/c14-12-6-2-1-5-11(12)9-19(17,18)15-10-13(16)7-3-4-8-13/h1-2,5-6,15-16H,3-4,7-10H2.